The van der Waals surface area contributed by atoms with E-state index in [9.17, 15) is 0 Å². The number of hydrogen-bond donors (Lipinski definition) is 2. The highest BCUT2D eigenvalue weighted by Crippen LogP contribution is 2.24. The third-order valence-corrected chi connectivity index (χ3v) is 5.51. The van der Waals surface area contributed by atoms with Gasteiger partial charge in [-0.2, -0.15) is 11.3 Å². The van der Waals surface area contributed by atoms with Crippen LogP contribution in [0.15, 0.2) is 40.0 Å². The molecule has 29 heavy (non-hydrogen) atoms. The van der Waals surface area contributed by atoms with Gasteiger partial charge < -0.3 is 20.1 Å². The summed E-state index contributed by atoms with van der Waals surface area (Å²) in [5.41, 5.74) is 2.46. The van der Waals surface area contributed by atoms with Crippen LogP contribution in [0.1, 0.15) is 24.5 Å². The topological polar surface area (TPSA) is 58.1 Å². The quantitative estimate of drug-likeness (QED) is 0.310. The van der Waals surface area contributed by atoms with E-state index in [-0.39, 0.29) is 24.0 Å². The summed E-state index contributed by atoms with van der Waals surface area (Å²) in [7, 11) is 3.37. The zero-order chi connectivity index (χ0) is 19.8. The first-order chi connectivity index (χ1) is 13.7. The number of ether oxygens (including phenoxy) is 2. The Morgan fingerprint density at radius 3 is 2.59 bits per heavy atom. The monoisotopic (exact) mass is 530 g/mol. The fourth-order valence-electron chi connectivity index (χ4n) is 3.38. The molecule has 1 aliphatic heterocycles. The second-order valence-electron chi connectivity index (χ2n) is 6.91. The number of nitrogens with zero attached hydrogens (tertiary/aromatic N) is 2. The largest absolute Gasteiger partial charge is 0.497 e. The van der Waals surface area contributed by atoms with Gasteiger partial charge in [-0.15, -0.1) is 24.0 Å². The lowest BCUT2D eigenvalue weighted by atomic mass is 10.2. The molecule has 1 saturated heterocycles. The molecule has 8 heteroatoms. The predicted octanol–water partition coefficient (Wildman–Crippen LogP) is 3.71. The number of nitrogens with one attached hydrogen (secondary N) is 2. The normalized spacial score (nSPS) is 16.9. The van der Waals surface area contributed by atoms with Crippen molar-refractivity contribution in [3.05, 3.63) is 46.2 Å². The summed E-state index contributed by atoms with van der Waals surface area (Å²) < 4.78 is 10.8. The van der Waals surface area contributed by atoms with Crippen LogP contribution in [0.4, 0.5) is 0 Å². The van der Waals surface area contributed by atoms with Gasteiger partial charge in [0.2, 0.25) is 0 Å². The second kappa shape index (κ2) is 12.2. The van der Waals surface area contributed by atoms with Crippen molar-refractivity contribution in [3.8, 4) is 11.5 Å². The summed E-state index contributed by atoms with van der Waals surface area (Å²) in [5.74, 6) is 2.56. The molecule has 0 spiro atoms. The minimum Gasteiger partial charge on any atom is -0.497 e. The highest BCUT2D eigenvalue weighted by Gasteiger charge is 2.23. The molecule has 0 radical (unpaired) electrons. The first-order valence-corrected chi connectivity index (χ1v) is 10.6. The first kappa shape index (κ1) is 23.8. The van der Waals surface area contributed by atoms with E-state index < -0.39 is 0 Å². The predicted molar refractivity (Wildman–Crippen MR) is 131 cm³/mol. The number of thiophene rings is 1. The number of halogens is 1. The van der Waals surface area contributed by atoms with E-state index in [4.69, 9.17) is 14.5 Å². The number of guanidine groups is 1. The summed E-state index contributed by atoms with van der Waals surface area (Å²) in [5, 5.41) is 11.2. The molecule has 2 aromatic rings. The zero-order valence-electron chi connectivity index (χ0n) is 17.3. The van der Waals surface area contributed by atoms with E-state index >= 15 is 0 Å². The third kappa shape index (κ3) is 7.35. The van der Waals surface area contributed by atoms with Gasteiger partial charge in [0.15, 0.2) is 5.96 Å². The molecule has 2 heterocycles. The average molecular weight is 530 g/mol. The molecule has 1 aromatic carbocycles. The van der Waals surface area contributed by atoms with E-state index in [0.717, 1.165) is 50.1 Å². The second-order valence-corrected chi connectivity index (χ2v) is 7.69. The number of hydrogen-bond acceptors (Lipinski definition) is 5. The van der Waals surface area contributed by atoms with E-state index in [1.807, 2.05) is 6.07 Å². The minimum atomic E-state index is 0. The van der Waals surface area contributed by atoms with Crippen LogP contribution in [-0.4, -0.2) is 50.8 Å². The fourth-order valence-corrected chi connectivity index (χ4v) is 4.04. The molecule has 1 fully saturated rings. The van der Waals surface area contributed by atoms with Gasteiger partial charge >= 0.3 is 0 Å². The Labute approximate surface area is 194 Å². The van der Waals surface area contributed by atoms with E-state index in [1.54, 1.807) is 25.6 Å². The molecule has 2 N–H and O–H groups in total. The molecule has 1 atom stereocenters. The van der Waals surface area contributed by atoms with Crippen molar-refractivity contribution < 1.29 is 9.47 Å². The molecule has 1 unspecified atom stereocenters. The van der Waals surface area contributed by atoms with Gasteiger partial charge in [-0.3, -0.25) is 4.90 Å². The maximum Gasteiger partial charge on any atom is 0.191 e. The van der Waals surface area contributed by atoms with Crippen LogP contribution in [0, 0.1) is 0 Å². The minimum absolute atomic E-state index is 0. The van der Waals surface area contributed by atoms with Crippen molar-refractivity contribution in [3.63, 3.8) is 0 Å². The van der Waals surface area contributed by atoms with Crippen LogP contribution < -0.4 is 20.1 Å². The molecule has 3 rings (SSSR count). The average Bonchev–Trinajstić information content (AvgIpc) is 3.38. The summed E-state index contributed by atoms with van der Waals surface area (Å²) in [6.07, 6.45) is 1.10. The molecule has 0 aliphatic carbocycles. The van der Waals surface area contributed by atoms with Crippen molar-refractivity contribution in [2.24, 2.45) is 4.99 Å². The maximum atomic E-state index is 5.39. The van der Waals surface area contributed by atoms with Crippen molar-refractivity contribution in [2.45, 2.75) is 32.5 Å². The lowest BCUT2D eigenvalue weighted by molar-refractivity contribution is 0.321. The third-order valence-electron chi connectivity index (χ3n) is 4.77. The first-order valence-electron chi connectivity index (χ1n) is 9.70. The summed E-state index contributed by atoms with van der Waals surface area (Å²) in [6.45, 7) is 6.59. The Bertz CT molecular complexity index is 748. The van der Waals surface area contributed by atoms with Crippen LogP contribution in [0.5, 0.6) is 11.5 Å². The van der Waals surface area contributed by atoms with Gasteiger partial charge in [-0.25, -0.2) is 4.99 Å². The van der Waals surface area contributed by atoms with Crippen LogP contribution in [-0.2, 0) is 13.1 Å². The highest BCUT2D eigenvalue weighted by molar-refractivity contribution is 14.0. The summed E-state index contributed by atoms with van der Waals surface area (Å²) in [4.78, 5) is 7.18. The molecule has 160 valence electrons. The Morgan fingerprint density at radius 2 is 1.97 bits per heavy atom. The number of methoxy groups -OCH3 is 2. The maximum absolute atomic E-state index is 5.39. The van der Waals surface area contributed by atoms with E-state index in [0.29, 0.717) is 12.6 Å². The molecular formula is C21H31IN4O2S. The van der Waals surface area contributed by atoms with Gasteiger partial charge in [0, 0.05) is 38.3 Å². The molecule has 6 nitrogen and oxygen atoms in total. The Hall–Kier alpha value is -1.52. The van der Waals surface area contributed by atoms with Crippen LogP contribution in [0.3, 0.4) is 0 Å². The SMILES string of the molecule is CCNC(=NCc1ccsc1)NC1CCN(Cc2cc(OC)cc(OC)c2)C1.I. The van der Waals surface area contributed by atoms with E-state index in [1.165, 1.54) is 11.1 Å². The van der Waals surface area contributed by atoms with Gasteiger partial charge in [0.05, 0.1) is 20.8 Å². The Kier molecular flexibility index (Phi) is 10.0. The van der Waals surface area contributed by atoms with Crippen LogP contribution in [0.2, 0.25) is 0 Å². The Morgan fingerprint density at radius 1 is 1.21 bits per heavy atom. The smallest absolute Gasteiger partial charge is 0.191 e. The van der Waals surface area contributed by atoms with Gasteiger partial charge in [0.25, 0.3) is 0 Å². The molecule has 0 amide bonds. The number of likely N-dealkylation sites (tertiary alicyclic amines) is 1. The number of aliphatic imine (C=N–C) groups is 1. The van der Waals surface area contributed by atoms with Crippen LogP contribution >= 0.6 is 35.3 Å². The van der Waals surface area contributed by atoms with Crippen molar-refractivity contribution in [1.29, 1.82) is 0 Å². The van der Waals surface area contributed by atoms with Crippen LogP contribution in [0.25, 0.3) is 0 Å². The molecule has 0 saturated carbocycles. The van der Waals surface area contributed by atoms with E-state index in [2.05, 4.69) is 51.4 Å². The lowest BCUT2D eigenvalue weighted by Gasteiger charge is -2.19. The highest BCUT2D eigenvalue weighted by atomic mass is 127. The molecular weight excluding hydrogens is 499 g/mol. The number of benzene rings is 1. The van der Waals surface area contributed by atoms with Gasteiger partial charge in [0.1, 0.15) is 11.5 Å². The van der Waals surface area contributed by atoms with Gasteiger partial charge in [-0.1, -0.05) is 0 Å². The van der Waals surface area contributed by atoms with Crippen molar-refractivity contribution in [1.82, 2.24) is 15.5 Å². The van der Waals surface area contributed by atoms with Crippen molar-refractivity contribution >= 4 is 41.3 Å². The fraction of sp³-hybridized carbons (Fsp3) is 0.476. The molecule has 1 aliphatic rings. The molecule has 0 bridgehead atoms. The molecule has 1 aromatic heterocycles. The summed E-state index contributed by atoms with van der Waals surface area (Å²) >= 11 is 1.71. The van der Waals surface area contributed by atoms with Crippen molar-refractivity contribution in [2.75, 3.05) is 33.9 Å². The zero-order valence-corrected chi connectivity index (χ0v) is 20.5. The summed E-state index contributed by atoms with van der Waals surface area (Å²) in [6, 6.07) is 8.58. The standard InChI is InChI=1S/C21H30N4O2S.HI/c1-4-22-21(23-12-16-6-8-28-15-16)24-18-5-7-25(14-18)13-17-9-19(26-2)11-20(10-17)27-3;/h6,8-11,15,18H,4-5,7,12-14H2,1-3H3,(H2,22,23,24);1H. The van der Waals surface area contributed by atoms with Gasteiger partial charge in [-0.05, 0) is 53.4 Å². The lowest BCUT2D eigenvalue weighted by Crippen LogP contribution is -2.44. The number of rotatable bonds is 8. The Balaban J connectivity index is 0.00000300.